The van der Waals surface area contributed by atoms with Gasteiger partial charge in [-0.15, -0.1) is 0 Å². The van der Waals surface area contributed by atoms with E-state index in [0.29, 0.717) is 12.1 Å². The van der Waals surface area contributed by atoms with Gasteiger partial charge in [0.05, 0.1) is 0 Å². The van der Waals surface area contributed by atoms with Crippen LogP contribution in [0.5, 0.6) is 0 Å². The fourth-order valence-corrected chi connectivity index (χ4v) is 3.24. The summed E-state index contributed by atoms with van der Waals surface area (Å²) in [5, 5.41) is 6.29. The van der Waals surface area contributed by atoms with Crippen molar-refractivity contribution in [2.75, 3.05) is 12.0 Å². The van der Waals surface area contributed by atoms with Crippen molar-refractivity contribution in [3.8, 4) is 0 Å². The molecule has 2 fully saturated rings. The maximum Gasteiger partial charge on any atom is 0.235 e. The van der Waals surface area contributed by atoms with Gasteiger partial charge in [-0.05, 0) is 25.7 Å². The van der Waals surface area contributed by atoms with Crippen molar-refractivity contribution < 1.29 is 13.2 Å². The van der Waals surface area contributed by atoms with E-state index in [0.717, 1.165) is 19.1 Å². The number of nitrogens with one attached hydrogen (secondary N) is 2. The first kappa shape index (κ1) is 11.9. The molecule has 2 atom stereocenters. The topological polar surface area (TPSA) is 75.3 Å². The molecule has 0 aliphatic carbocycles. The van der Waals surface area contributed by atoms with E-state index in [-0.39, 0.29) is 11.9 Å². The van der Waals surface area contributed by atoms with Gasteiger partial charge in [-0.3, -0.25) is 4.79 Å². The second-order valence-electron chi connectivity index (χ2n) is 4.94. The van der Waals surface area contributed by atoms with Gasteiger partial charge in [-0.25, -0.2) is 8.42 Å². The van der Waals surface area contributed by atoms with Crippen molar-refractivity contribution in [3.05, 3.63) is 0 Å². The number of carbonyl (C=O) groups is 1. The highest BCUT2D eigenvalue weighted by Crippen LogP contribution is 2.26. The fourth-order valence-electron chi connectivity index (χ4n) is 2.68. The largest absolute Gasteiger partial charge is 0.352 e. The molecule has 2 saturated heterocycles. The molecule has 0 radical (unpaired) electrons. The molecule has 2 unspecified atom stereocenters. The Kier molecular flexibility index (Phi) is 3.21. The summed E-state index contributed by atoms with van der Waals surface area (Å²) in [4.78, 5) is 11.4. The third kappa shape index (κ3) is 3.18. The van der Waals surface area contributed by atoms with Crippen molar-refractivity contribution >= 4 is 15.7 Å². The zero-order chi connectivity index (χ0) is 11.8. The molecule has 5 nitrogen and oxygen atoms in total. The highest BCUT2D eigenvalue weighted by molar-refractivity contribution is 7.91. The number of hydrogen-bond acceptors (Lipinski definition) is 4. The van der Waals surface area contributed by atoms with Gasteiger partial charge in [0, 0.05) is 24.4 Å². The molecule has 2 aliphatic rings. The predicted molar refractivity (Wildman–Crippen MR) is 60.8 cm³/mol. The second kappa shape index (κ2) is 4.33. The lowest BCUT2D eigenvalue weighted by Gasteiger charge is -2.29. The molecule has 0 aromatic carbocycles. The molecule has 6 heteroatoms. The summed E-state index contributed by atoms with van der Waals surface area (Å²) in [6, 6.07) is 1.15. The predicted octanol–water partition coefficient (Wildman–Crippen LogP) is -0.570. The van der Waals surface area contributed by atoms with Gasteiger partial charge >= 0.3 is 0 Å². The molecule has 0 aromatic heterocycles. The van der Waals surface area contributed by atoms with Gasteiger partial charge in [0.15, 0.2) is 9.84 Å². The molecule has 2 aliphatic heterocycles. The second-order valence-corrected chi connectivity index (χ2v) is 7.08. The van der Waals surface area contributed by atoms with Crippen LogP contribution in [0.25, 0.3) is 0 Å². The van der Waals surface area contributed by atoms with Gasteiger partial charge < -0.3 is 10.6 Å². The molecule has 92 valence electrons. The molecule has 0 aromatic rings. The van der Waals surface area contributed by atoms with E-state index in [1.807, 2.05) is 0 Å². The van der Waals surface area contributed by atoms with Crippen molar-refractivity contribution in [1.29, 1.82) is 0 Å². The zero-order valence-electron chi connectivity index (χ0n) is 9.40. The van der Waals surface area contributed by atoms with Crippen LogP contribution < -0.4 is 10.6 Å². The minimum absolute atomic E-state index is 0.146. The highest BCUT2D eigenvalue weighted by atomic mass is 32.2. The average Bonchev–Trinajstić information content (AvgIpc) is 2.42. The van der Waals surface area contributed by atoms with E-state index in [1.165, 1.54) is 12.8 Å². The molecular formula is C10H18N2O3S. The normalized spacial score (nSPS) is 33.7. The Balaban J connectivity index is 1.84. The Morgan fingerprint density at radius 1 is 1.31 bits per heavy atom. The minimum atomic E-state index is -3.21. The van der Waals surface area contributed by atoms with E-state index in [9.17, 15) is 13.2 Å². The molecule has 0 saturated carbocycles. The minimum Gasteiger partial charge on any atom is -0.352 e. The Labute approximate surface area is 95.9 Å². The van der Waals surface area contributed by atoms with Crippen LogP contribution in [-0.4, -0.2) is 44.5 Å². The maximum atomic E-state index is 11.4. The summed E-state index contributed by atoms with van der Waals surface area (Å²) >= 11 is 0. The van der Waals surface area contributed by atoms with E-state index < -0.39 is 15.6 Å². The third-order valence-electron chi connectivity index (χ3n) is 3.23. The monoisotopic (exact) mass is 246 g/mol. The lowest BCUT2D eigenvalue weighted by molar-refractivity contribution is -0.119. The van der Waals surface area contributed by atoms with Crippen LogP contribution >= 0.6 is 0 Å². The highest BCUT2D eigenvalue weighted by Gasteiger charge is 2.34. The first-order chi connectivity index (χ1) is 7.42. The average molecular weight is 246 g/mol. The maximum absolute atomic E-state index is 11.4. The molecule has 2 rings (SSSR count). The Bertz CT molecular complexity index is 368. The molecule has 2 heterocycles. The van der Waals surface area contributed by atoms with E-state index >= 15 is 0 Å². The molecule has 0 spiro atoms. The number of hydrogen-bond donors (Lipinski definition) is 2. The van der Waals surface area contributed by atoms with Gasteiger partial charge in [0.1, 0.15) is 5.75 Å². The fraction of sp³-hybridized carbons (Fsp3) is 0.900. The Morgan fingerprint density at radius 3 is 2.38 bits per heavy atom. The van der Waals surface area contributed by atoms with E-state index in [2.05, 4.69) is 10.6 Å². The number of piperidine rings is 1. The van der Waals surface area contributed by atoms with Crippen molar-refractivity contribution in [1.82, 2.24) is 10.6 Å². The summed E-state index contributed by atoms with van der Waals surface area (Å²) in [5.41, 5.74) is 0. The zero-order valence-corrected chi connectivity index (χ0v) is 10.2. The Morgan fingerprint density at radius 2 is 1.88 bits per heavy atom. The standard InChI is InChI=1S/C10H18N2O3S/c1-16(14,15)6-10(13)12-9-4-7-2-3-8(5-9)11-7/h7-9,11H,2-6H2,1H3,(H,12,13). The number of rotatable bonds is 3. The van der Waals surface area contributed by atoms with Crippen molar-refractivity contribution in [3.63, 3.8) is 0 Å². The summed E-state index contributed by atoms with van der Waals surface area (Å²) in [6.45, 7) is 0. The molecule has 2 N–H and O–H groups in total. The van der Waals surface area contributed by atoms with Crippen LogP contribution in [-0.2, 0) is 14.6 Å². The van der Waals surface area contributed by atoms with E-state index in [4.69, 9.17) is 0 Å². The van der Waals surface area contributed by atoms with Crippen LogP contribution in [0.1, 0.15) is 25.7 Å². The summed E-state index contributed by atoms with van der Waals surface area (Å²) in [7, 11) is -3.21. The number of amides is 1. The summed E-state index contributed by atoms with van der Waals surface area (Å²) in [6.07, 6.45) is 5.27. The lowest BCUT2D eigenvalue weighted by Crippen LogP contribution is -2.49. The lowest BCUT2D eigenvalue weighted by atomic mass is 10.00. The number of carbonyl (C=O) groups excluding carboxylic acids is 1. The van der Waals surface area contributed by atoms with Gasteiger partial charge in [-0.2, -0.15) is 0 Å². The van der Waals surface area contributed by atoms with Gasteiger partial charge in [-0.1, -0.05) is 0 Å². The molecule has 2 bridgehead atoms. The SMILES string of the molecule is CS(=O)(=O)CC(=O)NC1CC2CCC(C1)N2. The first-order valence-electron chi connectivity index (χ1n) is 5.65. The van der Waals surface area contributed by atoms with E-state index in [1.54, 1.807) is 0 Å². The quantitative estimate of drug-likeness (QED) is 0.699. The summed E-state index contributed by atoms with van der Waals surface area (Å²) in [5.74, 6) is -0.763. The van der Waals surface area contributed by atoms with Crippen LogP contribution in [0.15, 0.2) is 0 Å². The molecular weight excluding hydrogens is 228 g/mol. The van der Waals surface area contributed by atoms with Gasteiger partial charge in [0.2, 0.25) is 5.91 Å². The van der Waals surface area contributed by atoms with Crippen LogP contribution in [0.3, 0.4) is 0 Å². The van der Waals surface area contributed by atoms with Gasteiger partial charge in [0.25, 0.3) is 0 Å². The number of fused-ring (bicyclic) bond motifs is 2. The van der Waals surface area contributed by atoms with Crippen molar-refractivity contribution in [2.45, 2.75) is 43.8 Å². The number of sulfone groups is 1. The van der Waals surface area contributed by atoms with Crippen LogP contribution in [0.4, 0.5) is 0 Å². The molecule has 1 amide bonds. The molecule has 16 heavy (non-hydrogen) atoms. The van der Waals surface area contributed by atoms with Crippen LogP contribution in [0, 0.1) is 0 Å². The smallest absolute Gasteiger partial charge is 0.235 e. The Hall–Kier alpha value is -0.620. The van der Waals surface area contributed by atoms with Crippen molar-refractivity contribution in [2.24, 2.45) is 0 Å². The van der Waals surface area contributed by atoms with Crippen LogP contribution in [0.2, 0.25) is 0 Å². The third-order valence-corrected chi connectivity index (χ3v) is 4.02. The first-order valence-corrected chi connectivity index (χ1v) is 7.71. The summed E-state index contributed by atoms with van der Waals surface area (Å²) < 4.78 is 21.9.